The summed E-state index contributed by atoms with van der Waals surface area (Å²) >= 11 is 12.9. The van der Waals surface area contributed by atoms with Gasteiger partial charge in [0.15, 0.2) is 11.5 Å². The van der Waals surface area contributed by atoms with Gasteiger partial charge in [0.05, 0.1) is 41.0 Å². The van der Waals surface area contributed by atoms with E-state index in [1.54, 1.807) is 54.6 Å². The molecule has 1 saturated carbocycles. The second-order valence-corrected chi connectivity index (χ2v) is 12.8. The SMILES string of the molecule is COc1cc(C2C3=CCC4C(=O)N(C(N)=O)C(=O)C4C3CC3C(=O)N(c4cccc(Cl)c4)C(=O)C32c2ccccc2)cc(Cl)c1O. The Morgan fingerprint density at radius 3 is 2.37 bits per heavy atom. The topological polar surface area (TPSA) is 147 Å². The van der Waals surface area contributed by atoms with E-state index in [2.05, 4.69) is 0 Å². The first-order valence-electron chi connectivity index (χ1n) is 14.6. The van der Waals surface area contributed by atoms with Crippen molar-refractivity contribution in [3.8, 4) is 11.5 Å². The van der Waals surface area contributed by atoms with Crippen LogP contribution in [0.4, 0.5) is 10.5 Å². The van der Waals surface area contributed by atoms with Gasteiger partial charge >= 0.3 is 6.03 Å². The number of imide groups is 4. The number of aromatic hydroxyl groups is 1. The second kappa shape index (κ2) is 10.7. The number of anilines is 1. The maximum absolute atomic E-state index is 15.2. The van der Waals surface area contributed by atoms with Crippen molar-refractivity contribution in [2.24, 2.45) is 29.4 Å². The third-order valence-corrected chi connectivity index (χ3v) is 10.5. The highest BCUT2D eigenvalue weighted by Crippen LogP contribution is 2.65. The number of nitrogens with two attached hydrogens (primary N) is 1. The number of carbonyl (C=O) groups excluding carboxylic acids is 5. The number of nitrogens with zero attached hydrogens (tertiary/aromatic N) is 2. The number of amides is 6. The average molecular weight is 661 g/mol. The zero-order chi connectivity index (χ0) is 32.7. The summed E-state index contributed by atoms with van der Waals surface area (Å²) in [6.45, 7) is 0. The van der Waals surface area contributed by atoms with Crippen molar-refractivity contribution in [2.75, 3.05) is 12.0 Å². The molecule has 3 aromatic carbocycles. The first kappa shape index (κ1) is 30.0. The quantitative estimate of drug-likeness (QED) is 0.297. The van der Waals surface area contributed by atoms with Gasteiger partial charge in [-0.15, -0.1) is 0 Å². The normalized spacial score (nSPS) is 28.5. The van der Waals surface area contributed by atoms with E-state index in [1.165, 1.54) is 19.2 Å². The third-order valence-electron chi connectivity index (χ3n) is 9.99. The number of fused-ring (bicyclic) bond motifs is 4. The van der Waals surface area contributed by atoms with Crippen LogP contribution in [0, 0.1) is 23.7 Å². The molecule has 3 N–H and O–H groups in total. The molecule has 10 nitrogen and oxygen atoms in total. The summed E-state index contributed by atoms with van der Waals surface area (Å²) in [5.74, 6) is -7.12. The van der Waals surface area contributed by atoms with Crippen molar-refractivity contribution in [3.05, 3.63) is 99.6 Å². The highest BCUT2D eigenvalue weighted by atomic mass is 35.5. The zero-order valence-corrected chi connectivity index (χ0v) is 25.9. The van der Waals surface area contributed by atoms with Crippen LogP contribution in [0.1, 0.15) is 29.9 Å². The molecule has 2 saturated heterocycles. The van der Waals surface area contributed by atoms with Crippen LogP contribution in [0.5, 0.6) is 11.5 Å². The van der Waals surface area contributed by atoms with E-state index in [0.29, 0.717) is 26.6 Å². The van der Waals surface area contributed by atoms with E-state index in [0.717, 1.165) is 4.90 Å². The number of methoxy groups -OCH3 is 1. The Hall–Kier alpha value is -4.67. The molecule has 2 aliphatic carbocycles. The van der Waals surface area contributed by atoms with Gasteiger partial charge in [-0.25, -0.2) is 9.69 Å². The lowest BCUT2D eigenvalue weighted by molar-refractivity contribution is -0.136. The van der Waals surface area contributed by atoms with Gasteiger partial charge in [-0.05, 0) is 60.2 Å². The molecule has 234 valence electrons. The summed E-state index contributed by atoms with van der Waals surface area (Å²) in [6, 6.07) is 17.3. The van der Waals surface area contributed by atoms with Gasteiger partial charge in [-0.2, -0.15) is 4.90 Å². The molecule has 46 heavy (non-hydrogen) atoms. The Morgan fingerprint density at radius 1 is 0.957 bits per heavy atom. The van der Waals surface area contributed by atoms with E-state index < -0.39 is 64.7 Å². The van der Waals surface area contributed by atoms with Crippen LogP contribution in [0.2, 0.25) is 10.0 Å². The number of rotatable bonds is 4. The van der Waals surface area contributed by atoms with Crippen LogP contribution in [-0.2, 0) is 24.6 Å². The fourth-order valence-electron chi connectivity index (χ4n) is 8.25. The van der Waals surface area contributed by atoms with Crippen molar-refractivity contribution >= 4 is 58.5 Å². The highest BCUT2D eigenvalue weighted by molar-refractivity contribution is 6.33. The van der Waals surface area contributed by atoms with E-state index in [4.69, 9.17) is 33.7 Å². The summed E-state index contributed by atoms with van der Waals surface area (Å²) in [7, 11) is 1.37. The van der Waals surface area contributed by atoms with Gasteiger partial charge in [0.1, 0.15) is 0 Å². The molecule has 2 heterocycles. The molecular formula is C34H27Cl2N3O7. The molecule has 6 unspecified atom stereocenters. The molecule has 12 heteroatoms. The molecule has 0 radical (unpaired) electrons. The Kier molecular flexibility index (Phi) is 6.99. The Labute approximate surface area is 273 Å². The molecule has 7 rings (SSSR count). The molecule has 3 aromatic rings. The number of benzene rings is 3. The molecule has 0 bridgehead atoms. The highest BCUT2D eigenvalue weighted by Gasteiger charge is 2.70. The summed E-state index contributed by atoms with van der Waals surface area (Å²) in [5.41, 5.74) is 5.86. The molecule has 6 atom stereocenters. The molecule has 2 aliphatic heterocycles. The maximum Gasteiger partial charge on any atom is 0.328 e. The number of phenolic OH excluding ortho intramolecular Hbond substituents is 1. The van der Waals surface area contributed by atoms with Gasteiger partial charge in [0.2, 0.25) is 23.6 Å². The van der Waals surface area contributed by atoms with E-state index in [-0.39, 0.29) is 35.1 Å². The van der Waals surface area contributed by atoms with E-state index in [1.807, 2.05) is 6.08 Å². The van der Waals surface area contributed by atoms with Gasteiger partial charge < -0.3 is 15.6 Å². The summed E-state index contributed by atoms with van der Waals surface area (Å²) in [5, 5.41) is 10.9. The number of allylic oxidation sites excluding steroid dienone is 2. The fraction of sp³-hybridized carbons (Fsp3) is 0.265. The van der Waals surface area contributed by atoms with Crippen LogP contribution < -0.4 is 15.4 Å². The van der Waals surface area contributed by atoms with Crippen LogP contribution in [-0.4, -0.2) is 46.8 Å². The standard InChI is InChI=1S/C34H27Cl2N3O7/c1-46-25-13-16(12-24(36)28(25)40)27-20-10-11-21-26(31(43)39(29(21)41)33(37)45)22(20)15-23-30(42)38(19-9-5-8-18(35)14-19)32(44)34(23,27)17-6-3-2-4-7-17/h2-10,12-14,21-23,26-27,40H,11,15H2,1H3,(H2,37,45). The molecule has 3 fully saturated rings. The first-order chi connectivity index (χ1) is 22.0. The third kappa shape index (κ3) is 3.99. The molecule has 6 amide bonds. The van der Waals surface area contributed by atoms with E-state index >= 15 is 4.79 Å². The van der Waals surface area contributed by atoms with Crippen LogP contribution in [0.3, 0.4) is 0 Å². The minimum absolute atomic E-state index is 0.0363. The first-order valence-corrected chi connectivity index (χ1v) is 15.4. The number of primary amides is 1. The Bertz CT molecular complexity index is 1900. The minimum atomic E-state index is -1.55. The Balaban J connectivity index is 1.53. The van der Waals surface area contributed by atoms with Crippen molar-refractivity contribution in [3.63, 3.8) is 0 Å². The van der Waals surface area contributed by atoms with Crippen molar-refractivity contribution in [1.82, 2.24) is 4.90 Å². The number of halogens is 2. The fourth-order valence-corrected chi connectivity index (χ4v) is 8.66. The van der Waals surface area contributed by atoms with Gasteiger partial charge in [-0.3, -0.25) is 19.2 Å². The molecule has 0 spiro atoms. The van der Waals surface area contributed by atoms with Gasteiger partial charge in [0.25, 0.3) is 0 Å². The van der Waals surface area contributed by atoms with Crippen molar-refractivity contribution < 1.29 is 33.8 Å². The number of hydrogen-bond donors (Lipinski definition) is 2. The molecule has 0 aromatic heterocycles. The number of carbonyl (C=O) groups is 5. The van der Waals surface area contributed by atoms with Gasteiger partial charge in [-0.1, -0.05) is 71.2 Å². The van der Waals surface area contributed by atoms with Crippen LogP contribution in [0.15, 0.2) is 78.4 Å². The number of phenols is 1. The van der Waals surface area contributed by atoms with E-state index in [9.17, 15) is 24.3 Å². The van der Waals surface area contributed by atoms with Crippen molar-refractivity contribution in [1.29, 1.82) is 0 Å². The lowest BCUT2D eigenvalue weighted by Gasteiger charge is -2.50. The number of likely N-dealkylation sites (tertiary alicyclic amines) is 1. The van der Waals surface area contributed by atoms with Crippen LogP contribution >= 0.6 is 23.2 Å². The monoisotopic (exact) mass is 659 g/mol. The predicted octanol–water partition coefficient (Wildman–Crippen LogP) is 4.95. The minimum Gasteiger partial charge on any atom is -0.503 e. The molecular weight excluding hydrogens is 633 g/mol. The maximum atomic E-state index is 15.2. The summed E-state index contributed by atoms with van der Waals surface area (Å²) in [4.78, 5) is 70.6. The average Bonchev–Trinajstić information content (AvgIpc) is 3.43. The number of urea groups is 1. The lowest BCUT2D eigenvalue weighted by Crippen LogP contribution is -2.53. The van der Waals surface area contributed by atoms with Crippen LogP contribution in [0.25, 0.3) is 0 Å². The largest absolute Gasteiger partial charge is 0.503 e. The Morgan fingerprint density at radius 2 is 1.70 bits per heavy atom. The zero-order valence-electron chi connectivity index (χ0n) is 24.4. The second-order valence-electron chi connectivity index (χ2n) is 12.0. The number of ether oxygens (including phenoxy) is 1. The molecule has 4 aliphatic rings. The number of hydrogen-bond acceptors (Lipinski definition) is 7. The van der Waals surface area contributed by atoms with Gasteiger partial charge in [0, 0.05) is 10.9 Å². The summed E-state index contributed by atoms with van der Waals surface area (Å²) < 4.78 is 5.45. The summed E-state index contributed by atoms with van der Waals surface area (Å²) in [6.07, 6.45) is 1.98. The smallest absolute Gasteiger partial charge is 0.328 e. The predicted molar refractivity (Wildman–Crippen MR) is 167 cm³/mol. The van der Waals surface area contributed by atoms with Crippen molar-refractivity contribution in [2.45, 2.75) is 24.2 Å². The lowest BCUT2D eigenvalue weighted by atomic mass is 9.49.